The predicted molar refractivity (Wildman–Crippen MR) is 73.9 cm³/mol. The molecule has 1 heterocycles. The molecule has 0 radical (unpaired) electrons. The van der Waals surface area contributed by atoms with E-state index in [0.717, 1.165) is 17.4 Å². The first-order valence-electron chi connectivity index (χ1n) is 5.22. The Balaban J connectivity index is 2.12. The summed E-state index contributed by atoms with van der Waals surface area (Å²) >= 11 is 4.31. The third-order valence-electron chi connectivity index (χ3n) is 2.18. The zero-order valence-electron chi connectivity index (χ0n) is 9.66. The van der Waals surface area contributed by atoms with Gasteiger partial charge in [0.2, 0.25) is 0 Å². The summed E-state index contributed by atoms with van der Waals surface area (Å²) in [6.07, 6.45) is -3.06. The molecule has 0 aliphatic carbocycles. The van der Waals surface area contributed by atoms with Crippen LogP contribution in [0.1, 0.15) is 5.56 Å². The lowest BCUT2D eigenvalue weighted by Crippen LogP contribution is -2.21. The van der Waals surface area contributed by atoms with Crippen LogP contribution in [-0.4, -0.2) is 11.0 Å². The highest BCUT2D eigenvalue weighted by Crippen LogP contribution is 2.34. The van der Waals surface area contributed by atoms with Gasteiger partial charge in [-0.05, 0) is 28.1 Å². The summed E-state index contributed by atoms with van der Waals surface area (Å²) in [6, 6.07) is 3.95. The average Bonchev–Trinajstić information content (AvgIpc) is 2.73. The molecule has 0 fully saturated rings. The number of carbonyl (C=O) groups is 1. The Kier molecular flexibility index (Phi) is 4.29. The number of anilines is 2. The van der Waals surface area contributed by atoms with E-state index < -0.39 is 17.8 Å². The number of alkyl halides is 3. The van der Waals surface area contributed by atoms with Crippen LogP contribution in [-0.2, 0) is 6.18 Å². The molecule has 106 valence electrons. The fourth-order valence-electron chi connectivity index (χ4n) is 1.40. The lowest BCUT2D eigenvalue weighted by molar-refractivity contribution is -0.136. The monoisotopic (exact) mass is 365 g/mol. The molecule has 0 aliphatic rings. The Hall–Kier alpha value is -1.61. The fraction of sp³-hybridized carbons (Fsp3) is 0.0909. The van der Waals surface area contributed by atoms with Gasteiger partial charge in [0.1, 0.15) is 0 Å². The minimum absolute atomic E-state index is 0.277. The molecule has 0 saturated carbocycles. The topological polar surface area (TPSA) is 54.0 Å². The summed E-state index contributed by atoms with van der Waals surface area (Å²) in [5.74, 6) is 0. The zero-order chi connectivity index (χ0) is 14.8. The zero-order valence-corrected chi connectivity index (χ0v) is 12.1. The molecule has 2 amide bonds. The van der Waals surface area contributed by atoms with Crippen molar-refractivity contribution in [2.75, 3.05) is 10.6 Å². The first-order chi connectivity index (χ1) is 9.36. The Bertz CT molecular complexity index is 629. The quantitative estimate of drug-likeness (QED) is 0.818. The fourth-order valence-corrected chi connectivity index (χ4v) is 2.50. The first kappa shape index (κ1) is 14.8. The van der Waals surface area contributed by atoms with Gasteiger partial charge in [0.05, 0.1) is 21.2 Å². The highest BCUT2D eigenvalue weighted by Gasteiger charge is 2.33. The maximum Gasteiger partial charge on any atom is 0.418 e. The number of rotatable bonds is 2. The number of nitrogens with one attached hydrogen (secondary N) is 2. The van der Waals surface area contributed by atoms with E-state index in [1.165, 1.54) is 24.4 Å². The lowest BCUT2D eigenvalue weighted by Gasteiger charge is -2.13. The number of hydrogen-bond acceptors (Lipinski definition) is 3. The summed E-state index contributed by atoms with van der Waals surface area (Å²) in [7, 11) is 0. The number of aromatic nitrogens is 1. The van der Waals surface area contributed by atoms with Gasteiger partial charge in [0.25, 0.3) is 0 Å². The lowest BCUT2D eigenvalue weighted by atomic mass is 10.1. The number of halogens is 4. The largest absolute Gasteiger partial charge is 0.418 e. The van der Waals surface area contributed by atoms with E-state index in [1.807, 2.05) is 0 Å². The summed E-state index contributed by atoms with van der Waals surface area (Å²) in [6.45, 7) is 0. The van der Waals surface area contributed by atoms with Crippen LogP contribution in [0.2, 0.25) is 0 Å². The third kappa shape index (κ3) is 3.70. The molecule has 2 N–H and O–H groups in total. The van der Waals surface area contributed by atoms with Crippen molar-refractivity contribution < 1.29 is 18.0 Å². The van der Waals surface area contributed by atoms with Gasteiger partial charge in [0.15, 0.2) is 5.13 Å². The van der Waals surface area contributed by atoms with Crippen molar-refractivity contribution in [2.24, 2.45) is 0 Å². The minimum Gasteiger partial charge on any atom is -0.307 e. The highest BCUT2D eigenvalue weighted by atomic mass is 79.9. The summed E-state index contributed by atoms with van der Waals surface area (Å²) < 4.78 is 38.9. The van der Waals surface area contributed by atoms with E-state index in [4.69, 9.17) is 0 Å². The van der Waals surface area contributed by atoms with E-state index in [9.17, 15) is 18.0 Å². The molecule has 20 heavy (non-hydrogen) atoms. The molecule has 1 aromatic heterocycles. The summed E-state index contributed by atoms with van der Waals surface area (Å²) in [5, 5.41) is 4.78. The normalized spacial score (nSPS) is 11.2. The van der Waals surface area contributed by atoms with Crippen LogP contribution in [0.3, 0.4) is 0 Å². The highest BCUT2D eigenvalue weighted by molar-refractivity contribution is 9.11. The molecular weight excluding hydrogens is 359 g/mol. The first-order valence-corrected chi connectivity index (χ1v) is 6.83. The number of amides is 2. The number of carbonyl (C=O) groups excluding carboxylic acids is 1. The van der Waals surface area contributed by atoms with E-state index in [-0.39, 0.29) is 10.8 Å². The van der Waals surface area contributed by atoms with Crippen LogP contribution >= 0.6 is 27.3 Å². The van der Waals surface area contributed by atoms with Crippen molar-refractivity contribution >= 4 is 44.1 Å². The molecule has 9 heteroatoms. The van der Waals surface area contributed by atoms with Crippen LogP contribution in [0.4, 0.5) is 28.8 Å². The molecule has 0 aliphatic heterocycles. The predicted octanol–water partition coefficient (Wildman–Crippen LogP) is 4.57. The van der Waals surface area contributed by atoms with Crippen LogP contribution < -0.4 is 10.6 Å². The van der Waals surface area contributed by atoms with Crippen molar-refractivity contribution in [1.82, 2.24) is 4.98 Å². The van der Waals surface area contributed by atoms with Gasteiger partial charge in [-0.15, -0.1) is 0 Å². The molecule has 1 aromatic carbocycles. The second kappa shape index (κ2) is 5.80. The molecule has 0 atom stereocenters. The molecule has 0 unspecified atom stereocenters. The van der Waals surface area contributed by atoms with Crippen LogP contribution in [0.15, 0.2) is 34.2 Å². The number of urea groups is 1. The van der Waals surface area contributed by atoms with Gasteiger partial charge in [-0.25, -0.2) is 9.78 Å². The van der Waals surface area contributed by atoms with E-state index in [0.29, 0.717) is 3.79 Å². The number of thiazole rings is 1. The van der Waals surface area contributed by atoms with Crippen LogP contribution in [0.25, 0.3) is 0 Å². The second-order valence-electron chi connectivity index (χ2n) is 3.59. The number of benzene rings is 1. The number of nitrogens with zero attached hydrogens (tertiary/aromatic N) is 1. The standard InChI is InChI=1S/C11H7BrF3N3OS/c12-8-5-16-10(20-8)18-9(19)17-7-4-2-1-3-6(7)11(13,14)15/h1-5H,(H2,16,17,18,19). The minimum atomic E-state index is -4.53. The molecule has 0 spiro atoms. The van der Waals surface area contributed by atoms with E-state index >= 15 is 0 Å². The van der Waals surface area contributed by atoms with Crippen molar-refractivity contribution in [3.63, 3.8) is 0 Å². The maximum atomic E-state index is 12.7. The summed E-state index contributed by atoms with van der Waals surface area (Å²) in [5.41, 5.74) is -1.22. The molecule has 0 saturated heterocycles. The van der Waals surface area contributed by atoms with Crippen molar-refractivity contribution in [3.8, 4) is 0 Å². The molecule has 0 bridgehead atoms. The molecule has 2 rings (SSSR count). The Morgan fingerprint density at radius 2 is 1.95 bits per heavy atom. The molecular formula is C11H7BrF3N3OS. The van der Waals surface area contributed by atoms with Crippen LogP contribution in [0, 0.1) is 0 Å². The van der Waals surface area contributed by atoms with Gasteiger partial charge in [0, 0.05) is 0 Å². The molecule has 2 aromatic rings. The molecule has 4 nitrogen and oxygen atoms in total. The van der Waals surface area contributed by atoms with Crippen molar-refractivity contribution in [1.29, 1.82) is 0 Å². The van der Waals surface area contributed by atoms with Gasteiger partial charge < -0.3 is 5.32 Å². The van der Waals surface area contributed by atoms with Crippen molar-refractivity contribution in [2.45, 2.75) is 6.18 Å². The second-order valence-corrected chi connectivity index (χ2v) is 6.00. The number of para-hydroxylation sites is 1. The SMILES string of the molecule is O=C(Nc1ncc(Br)s1)Nc1ccccc1C(F)(F)F. The van der Waals surface area contributed by atoms with E-state index in [2.05, 4.69) is 31.5 Å². The van der Waals surface area contributed by atoms with Crippen molar-refractivity contribution in [3.05, 3.63) is 39.8 Å². The maximum absolute atomic E-state index is 12.7. The third-order valence-corrected chi connectivity index (χ3v) is 3.57. The Morgan fingerprint density at radius 1 is 1.25 bits per heavy atom. The summed E-state index contributed by atoms with van der Waals surface area (Å²) in [4.78, 5) is 15.5. The van der Waals surface area contributed by atoms with Gasteiger partial charge in [-0.2, -0.15) is 13.2 Å². The Morgan fingerprint density at radius 3 is 2.55 bits per heavy atom. The Labute approximate surface area is 124 Å². The van der Waals surface area contributed by atoms with Gasteiger partial charge >= 0.3 is 12.2 Å². The van der Waals surface area contributed by atoms with Gasteiger partial charge in [-0.1, -0.05) is 23.5 Å². The van der Waals surface area contributed by atoms with Crippen LogP contribution in [0.5, 0.6) is 0 Å². The van der Waals surface area contributed by atoms with E-state index in [1.54, 1.807) is 0 Å². The number of hydrogen-bond donors (Lipinski definition) is 2. The average molecular weight is 366 g/mol. The smallest absolute Gasteiger partial charge is 0.307 e. The van der Waals surface area contributed by atoms with Gasteiger partial charge in [-0.3, -0.25) is 5.32 Å².